The van der Waals surface area contributed by atoms with E-state index in [9.17, 15) is 4.79 Å². The van der Waals surface area contributed by atoms with E-state index in [1.165, 1.54) is 25.7 Å². The van der Waals surface area contributed by atoms with Gasteiger partial charge in [-0.3, -0.25) is 4.79 Å². The van der Waals surface area contributed by atoms with E-state index < -0.39 is 0 Å². The van der Waals surface area contributed by atoms with Crippen molar-refractivity contribution in [3.63, 3.8) is 0 Å². The molecule has 0 radical (unpaired) electrons. The van der Waals surface area contributed by atoms with Crippen LogP contribution in [0.15, 0.2) is 0 Å². The zero-order valence-corrected chi connectivity index (χ0v) is 11.4. The zero-order chi connectivity index (χ0) is 12.1. The standard InChI is InChI=1S/C18H22O/c19-17-8-3-13-10-4-9-11-1-7-2-12(9)16(14(10)17)18(5-7,6-8)15(11)13/h7-16H,1-6H2/t7-,8-,9-,10+,11+,12-,13-,14+,15-,16+,18-/m0/s1. The topological polar surface area (TPSA) is 17.1 Å². The number of hydrogen-bond acceptors (Lipinski definition) is 1. The Hall–Kier alpha value is -0.330. The van der Waals surface area contributed by atoms with E-state index in [4.69, 9.17) is 0 Å². The summed E-state index contributed by atoms with van der Waals surface area (Å²) in [4.78, 5) is 12.8. The van der Waals surface area contributed by atoms with E-state index in [2.05, 4.69) is 0 Å². The molecule has 1 nitrogen and oxygen atoms in total. The quantitative estimate of drug-likeness (QED) is 0.649. The third-order valence-corrected chi connectivity index (χ3v) is 9.55. The normalized spacial score (nSPS) is 76.5. The molecule has 10 saturated carbocycles. The molecule has 0 amide bonds. The Morgan fingerprint density at radius 3 is 2.47 bits per heavy atom. The van der Waals surface area contributed by atoms with Crippen molar-refractivity contribution in [3.05, 3.63) is 0 Å². The van der Waals surface area contributed by atoms with E-state index in [0.717, 1.165) is 53.1 Å². The fraction of sp³-hybridized carbons (Fsp3) is 0.944. The molecule has 0 aromatic rings. The molecule has 1 heteroatoms. The van der Waals surface area contributed by atoms with Gasteiger partial charge in [0.05, 0.1) is 0 Å². The molecule has 0 saturated heterocycles. The molecule has 10 fully saturated rings. The number of ketones is 1. The minimum Gasteiger partial charge on any atom is -0.299 e. The first-order valence-corrected chi connectivity index (χ1v) is 8.82. The number of rotatable bonds is 0. The van der Waals surface area contributed by atoms with Crippen molar-refractivity contribution in [2.45, 2.75) is 38.5 Å². The van der Waals surface area contributed by atoms with Gasteiger partial charge in [-0.15, -0.1) is 0 Å². The first-order valence-electron chi connectivity index (χ1n) is 8.82. The smallest absolute Gasteiger partial charge is 0.139 e. The van der Waals surface area contributed by atoms with Crippen LogP contribution in [0.25, 0.3) is 0 Å². The molecule has 10 aliphatic rings. The van der Waals surface area contributed by atoms with Crippen LogP contribution in [0.3, 0.4) is 0 Å². The number of hydrogen-bond donors (Lipinski definition) is 0. The van der Waals surface area contributed by atoms with Crippen LogP contribution in [-0.2, 0) is 4.79 Å². The van der Waals surface area contributed by atoms with E-state index in [0.29, 0.717) is 17.3 Å². The van der Waals surface area contributed by atoms with E-state index in [1.54, 1.807) is 12.8 Å². The second-order valence-electron chi connectivity index (χ2n) is 9.45. The molecule has 11 bridgehead atoms. The van der Waals surface area contributed by atoms with Crippen LogP contribution in [0.5, 0.6) is 0 Å². The van der Waals surface area contributed by atoms with E-state index >= 15 is 0 Å². The Kier molecular flexibility index (Phi) is 1.24. The van der Waals surface area contributed by atoms with Crippen LogP contribution in [0, 0.1) is 64.6 Å². The molecule has 0 N–H and O–H groups in total. The third-order valence-electron chi connectivity index (χ3n) is 9.55. The Morgan fingerprint density at radius 2 is 1.58 bits per heavy atom. The summed E-state index contributed by atoms with van der Waals surface area (Å²) >= 11 is 0. The molecule has 0 aromatic carbocycles. The minimum atomic E-state index is 0.520. The van der Waals surface area contributed by atoms with Crippen molar-refractivity contribution in [2.75, 3.05) is 0 Å². The lowest BCUT2D eigenvalue weighted by molar-refractivity contribution is -0.331. The maximum atomic E-state index is 12.8. The van der Waals surface area contributed by atoms with Gasteiger partial charge in [-0.25, -0.2) is 0 Å². The summed E-state index contributed by atoms with van der Waals surface area (Å²) in [6.07, 6.45) is 8.79. The van der Waals surface area contributed by atoms with Crippen LogP contribution in [-0.4, -0.2) is 5.78 Å². The molecule has 100 valence electrons. The average molecular weight is 254 g/mol. The van der Waals surface area contributed by atoms with Gasteiger partial charge in [-0.05, 0) is 91.3 Å². The van der Waals surface area contributed by atoms with Crippen LogP contribution in [0.2, 0.25) is 0 Å². The van der Waals surface area contributed by atoms with Crippen LogP contribution in [0.4, 0.5) is 0 Å². The van der Waals surface area contributed by atoms with E-state index in [-0.39, 0.29) is 0 Å². The fourth-order valence-corrected chi connectivity index (χ4v) is 9.99. The van der Waals surface area contributed by atoms with Crippen LogP contribution < -0.4 is 0 Å². The van der Waals surface area contributed by atoms with Gasteiger partial charge in [0, 0.05) is 11.8 Å². The molecule has 0 unspecified atom stereocenters. The molecule has 10 aliphatic carbocycles. The second kappa shape index (κ2) is 2.46. The maximum Gasteiger partial charge on any atom is 0.139 e. The van der Waals surface area contributed by atoms with Gasteiger partial charge in [-0.1, -0.05) is 0 Å². The van der Waals surface area contributed by atoms with Gasteiger partial charge in [0.1, 0.15) is 5.78 Å². The molecule has 1 spiro atoms. The largest absolute Gasteiger partial charge is 0.299 e. The SMILES string of the molecule is O=C1[C@H]2C[C@H]3[C@H]4C[C@H]5[C@H]6C[C@H]7C[C@@H]5[C@H]([C@H]14)[C@@](C7)(C2)[C@@H]63. The van der Waals surface area contributed by atoms with Crippen molar-refractivity contribution < 1.29 is 4.79 Å². The predicted octanol–water partition coefficient (Wildman–Crippen LogP) is 3.14. The lowest BCUT2D eigenvalue weighted by atomic mass is 9.21. The molecule has 0 aromatic heterocycles. The lowest BCUT2D eigenvalue weighted by Crippen LogP contribution is -2.78. The summed E-state index contributed by atoms with van der Waals surface area (Å²) in [6.45, 7) is 0. The monoisotopic (exact) mass is 254 g/mol. The van der Waals surface area contributed by atoms with Gasteiger partial charge in [0.15, 0.2) is 0 Å². The number of Topliss-reactive ketones (excluding diaryl/α,β-unsaturated/α-hetero) is 1. The van der Waals surface area contributed by atoms with Gasteiger partial charge < -0.3 is 0 Å². The molecular formula is C18H22O. The second-order valence-corrected chi connectivity index (χ2v) is 9.45. The van der Waals surface area contributed by atoms with Crippen molar-refractivity contribution >= 4 is 5.78 Å². The fourth-order valence-electron chi connectivity index (χ4n) is 9.99. The van der Waals surface area contributed by atoms with Crippen molar-refractivity contribution in [1.29, 1.82) is 0 Å². The zero-order valence-electron chi connectivity index (χ0n) is 11.4. The highest BCUT2D eigenvalue weighted by Crippen LogP contribution is 2.83. The van der Waals surface area contributed by atoms with Crippen LogP contribution >= 0.6 is 0 Å². The molecule has 19 heavy (non-hydrogen) atoms. The maximum absolute atomic E-state index is 12.8. The third kappa shape index (κ3) is 0.719. The predicted molar refractivity (Wildman–Crippen MR) is 70.0 cm³/mol. The average Bonchev–Trinajstić information content (AvgIpc) is 2.41. The Balaban J connectivity index is 1.57. The molecule has 0 aliphatic heterocycles. The van der Waals surface area contributed by atoms with Crippen molar-refractivity contribution in [3.8, 4) is 0 Å². The lowest BCUT2D eigenvalue weighted by Gasteiger charge is -2.82. The van der Waals surface area contributed by atoms with Gasteiger partial charge in [-0.2, -0.15) is 0 Å². The Bertz CT molecular complexity index is 538. The van der Waals surface area contributed by atoms with E-state index in [1.807, 2.05) is 0 Å². The molecule has 11 atom stereocenters. The van der Waals surface area contributed by atoms with Crippen LogP contribution in [0.1, 0.15) is 38.5 Å². The summed E-state index contributed by atoms with van der Waals surface area (Å²) < 4.78 is 0. The highest BCUT2D eigenvalue weighted by atomic mass is 16.1. The van der Waals surface area contributed by atoms with Gasteiger partial charge in [0.25, 0.3) is 0 Å². The van der Waals surface area contributed by atoms with Gasteiger partial charge in [0.2, 0.25) is 0 Å². The highest BCUT2D eigenvalue weighted by molar-refractivity contribution is 5.87. The summed E-state index contributed by atoms with van der Waals surface area (Å²) in [5.74, 6) is 9.93. The summed E-state index contributed by atoms with van der Waals surface area (Å²) in [5.41, 5.74) is 0.704. The Morgan fingerprint density at radius 1 is 0.789 bits per heavy atom. The first kappa shape index (κ1) is 9.58. The molecule has 10 rings (SSSR count). The highest BCUT2D eigenvalue weighted by Gasteiger charge is 2.79. The summed E-state index contributed by atoms with van der Waals surface area (Å²) in [6, 6.07) is 0. The Labute approximate surface area is 114 Å². The first-order chi connectivity index (χ1) is 9.28. The van der Waals surface area contributed by atoms with Gasteiger partial charge >= 0.3 is 0 Å². The van der Waals surface area contributed by atoms with Crippen molar-refractivity contribution in [1.82, 2.24) is 0 Å². The molecular weight excluding hydrogens is 232 g/mol. The number of carbonyl (C=O) groups is 1. The number of carbonyl (C=O) groups excluding carboxylic acids is 1. The molecule has 0 heterocycles. The summed E-state index contributed by atoms with van der Waals surface area (Å²) in [5, 5.41) is 0. The summed E-state index contributed by atoms with van der Waals surface area (Å²) in [7, 11) is 0. The minimum absolute atomic E-state index is 0.520. The van der Waals surface area contributed by atoms with Crippen molar-refractivity contribution in [2.24, 2.45) is 64.6 Å².